The molecular formula is C22H21N7OS. The summed E-state index contributed by atoms with van der Waals surface area (Å²) in [5.41, 5.74) is 17.5. The molecule has 31 heavy (non-hydrogen) atoms. The molecule has 0 fully saturated rings. The first-order valence-electron chi connectivity index (χ1n) is 9.80. The van der Waals surface area contributed by atoms with Gasteiger partial charge >= 0.3 is 0 Å². The number of anilines is 3. The van der Waals surface area contributed by atoms with Crippen molar-refractivity contribution >= 4 is 44.7 Å². The number of benzene rings is 1. The first-order valence-corrected chi connectivity index (χ1v) is 10.6. The number of nitrogens with two attached hydrogens (primary N) is 2. The normalized spacial score (nSPS) is 13.5. The summed E-state index contributed by atoms with van der Waals surface area (Å²) in [5.74, 6) is 1.89. The van der Waals surface area contributed by atoms with Gasteiger partial charge in [-0.2, -0.15) is 4.98 Å². The standard InChI is InChI=1S/C22H21N7OS/c1-3-13-9-26-21(23)28-19(13)29-4-5-30-18-12(2)6-14(7-16(18)11-29)15-8-17-20(25-10-15)31-22(24)27-17/h3,6-10H,1,4-5,11H2,2H3,(H2,24,27)(H2,23,26,28). The van der Waals surface area contributed by atoms with E-state index in [0.29, 0.717) is 24.8 Å². The van der Waals surface area contributed by atoms with Crippen molar-refractivity contribution in [3.8, 4) is 16.9 Å². The molecule has 3 aromatic heterocycles. The maximum Gasteiger partial charge on any atom is 0.221 e. The highest BCUT2D eigenvalue weighted by Crippen LogP contribution is 2.35. The van der Waals surface area contributed by atoms with Crippen molar-refractivity contribution < 1.29 is 4.74 Å². The molecule has 1 aliphatic rings. The zero-order chi connectivity index (χ0) is 21.5. The Hall–Kier alpha value is -3.72. The van der Waals surface area contributed by atoms with Crippen LogP contribution < -0.4 is 21.1 Å². The van der Waals surface area contributed by atoms with E-state index in [9.17, 15) is 0 Å². The lowest BCUT2D eigenvalue weighted by Crippen LogP contribution is -2.27. The SMILES string of the molecule is C=Cc1cnc(N)nc1N1CCOc2c(C)cc(-c3cnc4sc(N)nc4c3)cc2C1. The molecule has 8 nitrogen and oxygen atoms in total. The maximum absolute atomic E-state index is 6.11. The van der Waals surface area contributed by atoms with Gasteiger partial charge in [-0.15, -0.1) is 0 Å². The molecule has 1 aromatic carbocycles. The maximum atomic E-state index is 6.11. The van der Waals surface area contributed by atoms with E-state index in [1.807, 2.05) is 12.3 Å². The molecule has 4 aromatic rings. The van der Waals surface area contributed by atoms with Crippen LogP contribution in [0, 0.1) is 6.92 Å². The molecule has 5 rings (SSSR count). The Balaban J connectivity index is 1.57. The lowest BCUT2D eigenvalue weighted by molar-refractivity contribution is 0.329. The minimum absolute atomic E-state index is 0.234. The number of nitrogens with zero attached hydrogens (tertiary/aromatic N) is 5. The molecule has 4 N–H and O–H groups in total. The predicted octanol–water partition coefficient (Wildman–Crippen LogP) is 3.66. The molecule has 0 atom stereocenters. The molecule has 0 radical (unpaired) electrons. The van der Waals surface area contributed by atoms with Gasteiger partial charge in [-0.05, 0) is 36.2 Å². The van der Waals surface area contributed by atoms with Gasteiger partial charge in [-0.1, -0.05) is 24.0 Å². The number of fused-ring (bicyclic) bond motifs is 2. The number of hydrogen-bond donors (Lipinski definition) is 2. The second-order valence-corrected chi connectivity index (χ2v) is 8.37. The summed E-state index contributed by atoms with van der Waals surface area (Å²) in [6, 6.07) is 6.27. The number of rotatable bonds is 3. The van der Waals surface area contributed by atoms with Crippen LogP contribution >= 0.6 is 11.3 Å². The van der Waals surface area contributed by atoms with E-state index < -0.39 is 0 Å². The van der Waals surface area contributed by atoms with Crippen molar-refractivity contribution in [3.63, 3.8) is 0 Å². The van der Waals surface area contributed by atoms with Crippen molar-refractivity contribution in [2.45, 2.75) is 13.5 Å². The average Bonchev–Trinajstić information content (AvgIpc) is 2.99. The first kappa shape index (κ1) is 19.3. The molecule has 0 spiro atoms. The third-order valence-electron chi connectivity index (χ3n) is 5.25. The smallest absolute Gasteiger partial charge is 0.221 e. The third-order valence-corrected chi connectivity index (χ3v) is 6.06. The number of nitrogen functional groups attached to an aromatic ring is 2. The fourth-order valence-corrected chi connectivity index (χ4v) is 4.51. The van der Waals surface area contributed by atoms with Gasteiger partial charge in [-0.3, -0.25) is 0 Å². The molecule has 0 unspecified atom stereocenters. The van der Waals surface area contributed by atoms with E-state index in [2.05, 4.69) is 50.5 Å². The number of hydrogen-bond acceptors (Lipinski definition) is 9. The van der Waals surface area contributed by atoms with Gasteiger partial charge < -0.3 is 21.1 Å². The monoisotopic (exact) mass is 431 g/mol. The predicted molar refractivity (Wildman–Crippen MR) is 125 cm³/mol. The van der Waals surface area contributed by atoms with Gasteiger partial charge in [0.15, 0.2) is 5.13 Å². The number of aryl methyl sites for hydroxylation is 1. The van der Waals surface area contributed by atoms with Gasteiger partial charge in [0.2, 0.25) is 5.95 Å². The van der Waals surface area contributed by atoms with Crippen LogP contribution in [0.2, 0.25) is 0 Å². The van der Waals surface area contributed by atoms with Crippen LogP contribution in [0.4, 0.5) is 16.9 Å². The van der Waals surface area contributed by atoms with Gasteiger partial charge in [-0.25, -0.2) is 15.0 Å². The molecule has 0 saturated carbocycles. The average molecular weight is 432 g/mol. The molecule has 9 heteroatoms. The topological polar surface area (TPSA) is 116 Å². The van der Waals surface area contributed by atoms with Gasteiger partial charge in [0, 0.05) is 35.6 Å². The van der Waals surface area contributed by atoms with E-state index in [4.69, 9.17) is 16.2 Å². The van der Waals surface area contributed by atoms with Crippen LogP contribution in [0.3, 0.4) is 0 Å². The zero-order valence-electron chi connectivity index (χ0n) is 17.0. The molecule has 0 aliphatic carbocycles. The number of ether oxygens (including phenoxy) is 1. The van der Waals surface area contributed by atoms with E-state index in [0.717, 1.165) is 49.7 Å². The summed E-state index contributed by atoms with van der Waals surface area (Å²) in [6.07, 6.45) is 5.29. The van der Waals surface area contributed by atoms with Crippen molar-refractivity contribution in [2.24, 2.45) is 0 Å². The van der Waals surface area contributed by atoms with Gasteiger partial charge in [0.05, 0.1) is 6.54 Å². The number of aromatic nitrogens is 4. The quantitative estimate of drug-likeness (QED) is 0.505. The Bertz CT molecular complexity index is 1320. The van der Waals surface area contributed by atoms with Crippen LogP contribution in [-0.2, 0) is 6.54 Å². The molecule has 4 heterocycles. The highest BCUT2D eigenvalue weighted by atomic mass is 32.1. The Kier molecular flexibility index (Phi) is 4.67. The van der Waals surface area contributed by atoms with E-state index in [1.165, 1.54) is 11.3 Å². The molecule has 1 aliphatic heterocycles. The van der Waals surface area contributed by atoms with Crippen molar-refractivity contribution in [2.75, 3.05) is 29.5 Å². The lowest BCUT2D eigenvalue weighted by Gasteiger charge is -2.23. The zero-order valence-corrected chi connectivity index (χ0v) is 17.8. The minimum Gasteiger partial charge on any atom is -0.491 e. The minimum atomic E-state index is 0.234. The van der Waals surface area contributed by atoms with Gasteiger partial charge in [0.1, 0.15) is 28.5 Å². The van der Waals surface area contributed by atoms with Crippen LogP contribution in [0.25, 0.3) is 27.6 Å². The van der Waals surface area contributed by atoms with E-state index in [-0.39, 0.29) is 5.95 Å². The van der Waals surface area contributed by atoms with Crippen LogP contribution in [0.15, 0.2) is 37.2 Å². The largest absolute Gasteiger partial charge is 0.491 e. The fourth-order valence-electron chi connectivity index (χ4n) is 3.85. The Morgan fingerprint density at radius 1 is 1.13 bits per heavy atom. The summed E-state index contributed by atoms with van der Waals surface area (Å²) in [7, 11) is 0. The number of thiazole rings is 1. The second kappa shape index (κ2) is 7.51. The highest BCUT2D eigenvalue weighted by Gasteiger charge is 2.21. The number of pyridine rings is 1. The molecular weight excluding hydrogens is 410 g/mol. The summed E-state index contributed by atoms with van der Waals surface area (Å²) in [6.45, 7) is 7.78. The van der Waals surface area contributed by atoms with E-state index in [1.54, 1.807) is 12.3 Å². The van der Waals surface area contributed by atoms with Gasteiger partial charge in [0.25, 0.3) is 0 Å². The molecule has 0 amide bonds. The van der Waals surface area contributed by atoms with Crippen molar-refractivity contribution in [3.05, 3.63) is 53.9 Å². The van der Waals surface area contributed by atoms with E-state index >= 15 is 0 Å². The Morgan fingerprint density at radius 3 is 2.84 bits per heavy atom. The third kappa shape index (κ3) is 3.53. The van der Waals surface area contributed by atoms with Crippen molar-refractivity contribution in [1.82, 2.24) is 19.9 Å². The molecule has 156 valence electrons. The Labute approximate surface area is 183 Å². The van der Waals surface area contributed by atoms with Crippen molar-refractivity contribution in [1.29, 1.82) is 0 Å². The fraction of sp³-hybridized carbons (Fsp3) is 0.182. The summed E-state index contributed by atoms with van der Waals surface area (Å²) in [4.78, 5) is 20.4. The molecule has 0 saturated heterocycles. The molecule has 0 bridgehead atoms. The lowest BCUT2D eigenvalue weighted by atomic mass is 9.99. The van der Waals surface area contributed by atoms with Crippen LogP contribution in [0.5, 0.6) is 5.75 Å². The first-order chi connectivity index (χ1) is 15.0. The van der Waals surface area contributed by atoms with Crippen LogP contribution in [0.1, 0.15) is 16.7 Å². The highest BCUT2D eigenvalue weighted by molar-refractivity contribution is 7.21. The van der Waals surface area contributed by atoms with Crippen LogP contribution in [-0.4, -0.2) is 33.1 Å². The summed E-state index contributed by atoms with van der Waals surface area (Å²) in [5, 5.41) is 0.518. The summed E-state index contributed by atoms with van der Waals surface area (Å²) >= 11 is 1.39. The Morgan fingerprint density at radius 2 is 2.00 bits per heavy atom. The summed E-state index contributed by atoms with van der Waals surface area (Å²) < 4.78 is 6.11. The second-order valence-electron chi connectivity index (χ2n) is 7.36.